The van der Waals surface area contributed by atoms with E-state index >= 15 is 0 Å². The van der Waals surface area contributed by atoms with Gasteiger partial charge in [0.15, 0.2) is 0 Å². The largest absolute Gasteiger partial charge is 0.314 e. The summed E-state index contributed by atoms with van der Waals surface area (Å²) in [5.74, 6) is 0. The fourth-order valence-electron chi connectivity index (χ4n) is 2.00. The number of nitrogens with zero attached hydrogens (tertiary/aromatic N) is 2. The molecular weight excluding hydrogens is 250 g/mol. The van der Waals surface area contributed by atoms with Gasteiger partial charge >= 0.3 is 0 Å². The molecule has 3 N–H and O–H groups in total. The first kappa shape index (κ1) is 17.3. The van der Waals surface area contributed by atoms with Crippen molar-refractivity contribution in [2.45, 2.75) is 58.3 Å². The molecule has 0 amide bonds. The monoisotopic (exact) mass is 281 g/mol. The molecule has 0 unspecified atom stereocenters. The maximum atomic E-state index is 4.56. The van der Waals surface area contributed by atoms with Crippen LogP contribution in [-0.4, -0.2) is 62.8 Å². The molecule has 5 heteroatoms. The Hall–Kier alpha value is -0.780. The first-order valence-corrected chi connectivity index (χ1v) is 7.82. The smallest absolute Gasteiger partial charge is 0.0618 e. The average molecular weight is 281 g/mol. The summed E-state index contributed by atoms with van der Waals surface area (Å²) in [5.41, 5.74) is 0. The van der Waals surface area contributed by atoms with Crippen molar-refractivity contribution in [2.24, 2.45) is 9.98 Å². The maximum absolute atomic E-state index is 4.56. The van der Waals surface area contributed by atoms with E-state index in [-0.39, 0.29) is 0 Å². The molecule has 5 nitrogen and oxygen atoms in total. The van der Waals surface area contributed by atoms with Crippen LogP contribution in [0.25, 0.3) is 0 Å². The molecule has 1 heterocycles. The minimum atomic E-state index is 0.300. The topological polar surface area (TPSA) is 60.8 Å². The first-order chi connectivity index (χ1) is 9.61. The van der Waals surface area contributed by atoms with E-state index in [4.69, 9.17) is 0 Å². The zero-order chi connectivity index (χ0) is 14.8. The van der Waals surface area contributed by atoms with Crippen molar-refractivity contribution in [1.82, 2.24) is 16.0 Å². The Morgan fingerprint density at radius 2 is 1.20 bits per heavy atom. The van der Waals surface area contributed by atoms with Crippen LogP contribution < -0.4 is 16.0 Å². The van der Waals surface area contributed by atoms with Gasteiger partial charge in [0.25, 0.3) is 0 Å². The van der Waals surface area contributed by atoms with Crippen LogP contribution in [0.5, 0.6) is 0 Å². The van der Waals surface area contributed by atoms with Crippen LogP contribution in [0.3, 0.4) is 0 Å². The summed E-state index contributed by atoms with van der Waals surface area (Å²) in [7, 11) is 0. The van der Waals surface area contributed by atoms with E-state index in [2.05, 4.69) is 53.6 Å². The van der Waals surface area contributed by atoms with Crippen LogP contribution in [0.15, 0.2) is 9.98 Å². The van der Waals surface area contributed by atoms with Gasteiger partial charge in [-0.2, -0.15) is 0 Å². The fraction of sp³-hybridized carbons (Fsp3) is 0.867. The highest BCUT2D eigenvalue weighted by atomic mass is 15.0. The molecule has 20 heavy (non-hydrogen) atoms. The molecule has 0 aliphatic carbocycles. The molecule has 0 saturated carbocycles. The molecule has 1 rings (SSSR count). The van der Waals surface area contributed by atoms with Crippen molar-refractivity contribution in [1.29, 1.82) is 0 Å². The lowest BCUT2D eigenvalue weighted by Gasteiger charge is -2.20. The van der Waals surface area contributed by atoms with Crippen molar-refractivity contribution in [3.63, 3.8) is 0 Å². The minimum Gasteiger partial charge on any atom is -0.314 e. The molecule has 0 saturated heterocycles. The summed E-state index contributed by atoms with van der Waals surface area (Å²) >= 11 is 0. The fourth-order valence-corrected chi connectivity index (χ4v) is 2.00. The second-order valence-electron chi connectivity index (χ2n) is 5.62. The zero-order valence-corrected chi connectivity index (χ0v) is 13.4. The normalized spacial score (nSPS) is 35.0. The van der Waals surface area contributed by atoms with Crippen molar-refractivity contribution >= 4 is 12.4 Å². The Labute approximate surface area is 123 Å². The molecule has 0 fully saturated rings. The van der Waals surface area contributed by atoms with Crippen LogP contribution in [0.2, 0.25) is 0 Å². The van der Waals surface area contributed by atoms with Gasteiger partial charge in [0.2, 0.25) is 0 Å². The van der Waals surface area contributed by atoms with Crippen LogP contribution in [0, 0.1) is 0 Å². The number of rotatable bonds is 0. The van der Waals surface area contributed by atoms with E-state index in [1.165, 1.54) is 0 Å². The molecule has 0 aromatic heterocycles. The Bertz CT molecular complexity index is 275. The van der Waals surface area contributed by atoms with Crippen molar-refractivity contribution in [2.75, 3.05) is 26.2 Å². The van der Waals surface area contributed by atoms with Gasteiger partial charge in [0.1, 0.15) is 0 Å². The van der Waals surface area contributed by atoms with Gasteiger partial charge in [-0.3, -0.25) is 9.98 Å². The second-order valence-corrected chi connectivity index (χ2v) is 5.62. The highest BCUT2D eigenvalue weighted by Gasteiger charge is 2.10. The van der Waals surface area contributed by atoms with Gasteiger partial charge in [-0.15, -0.1) is 0 Å². The highest BCUT2D eigenvalue weighted by molar-refractivity contribution is 5.79. The Balaban J connectivity index is 2.52. The summed E-state index contributed by atoms with van der Waals surface area (Å²) in [6, 6.07) is 1.40. The van der Waals surface area contributed by atoms with Crippen LogP contribution in [-0.2, 0) is 0 Å². The molecule has 0 spiro atoms. The third-order valence-electron chi connectivity index (χ3n) is 3.88. The molecule has 0 radical (unpaired) electrons. The number of hydrogen-bond acceptors (Lipinski definition) is 5. The number of aliphatic imine (C=N–C) groups is 2. The zero-order valence-electron chi connectivity index (χ0n) is 13.4. The van der Waals surface area contributed by atoms with Crippen LogP contribution in [0.1, 0.15) is 34.1 Å². The quantitative estimate of drug-likeness (QED) is 0.617. The summed E-state index contributed by atoms with van der Waals surface area (Å²) < 4.78 is 0. The molecule has 4 atom stereocenters. The van der Waals surface area contributed by atoms with Gasteiger partial charge in [0, 0.05) is 57.1 Å². The standard InChI is InChI=1S/C15H31N5/c1-12-14(3)19-10-8-16-9-11-20-15(4)13(2)18-7-5-6-17-12/h6-7,12-16,19-20H,5,8-11H2,1-4H3/t12-,13-,14-,15-/m1/s1. The number of hydrogen-bond donors (Lipinski definition) is 3. The molecule has 0 bridgehead atoms. The van der Waals surface area contributed by atoms with Gasteiger partial charge in [0.05, 0.1) is 12.1 Å². The molecule has 0 aromatic rings. The summed E-state index contributed by atoms with van der Waals surface area (Å²) in [6.07, 6.45) is 4.76. The molecular formula is C15H31N5. The predicted octanol–water partition coefficient (Wildman–Crippen LogP) is 0.855. The van der Waals surface area contributed by atoms with Crippen LogP contribution in [0.4, 0.5) is 0 Å². The average Bonchev–Trinajstić information content (AvgIpc) is 2.43. The molecule has 1 aliphatic rings. The van der Waals surface area contributed by atoms with E-state index in [9.17, 15) is 0 Å². The lowest BCUT2D eigenvalue weighted by molar-refractivity contribution is 0.455. The third kappa shape index (κ3) is 7.12. The number of nitrogens with one attached hydrogen (secondary N) is 3. The Morgan fingerprint density at radius 1 is 0.750 bits per heavy atom. The van der Waals surface area contributed by atoms with Crippen molar-refractivity contribution in [3.8, 4) is 0 Å². The van der Waals surface area contributed by atoms with Crippen molar-refractivity contribution < 1.29 is 0 Å². The van der Waals surface area contributed by atoms with E-state index in [0.717, 1.165) is 32.6 Å². The predicted molar refractivity (Wildman–Crippen MR) is 88.3 cm³/mol. The minimum absolute atomic E-state index is 0.300. The SMILES string of the molecule is C[C@H]1N=CCC=N[C@H](C)[C@@H](C)NCCNCCN[C@@H]1C. The van der Waals surface area contributed by atoms with Crippen molar-refractivity contribution in [3.05, 3.63) is 0 Å². The maximum Gasteiger partial charge on any atom is 0.0618 e. The molecule has 0 aromatic carbocycles. The van der Waals surface area contributed by atoms with E-state index in [1.54, 1.807) is 0 Å². The van der Waals surface area contributed by atoms with Gasteiger partial charge in [-0.25, -0.2) is 0 Å². The molecule has 1 aliphatic heterocycles. The van der Waals surface area contributed by atoms with E-state index in [1.807, 2.05) is 12.4 Å². The highest BCUT2D eigenvalue weighted by Crippen LogP contribution is 1.98. The third-order valence-corrected chi connectivity index (χ3v) is 3.88. The summed E-state index contributed by atoms with van der Waals surface area (Å²) in [6.45, 7) is 12.6. The second kappa shape index (κ2) is 10.0. The summed E-state index contributed by atoms with van der Waals surface area (Å²) in [4.78, 5) is 9.13. The molecule has 116 valence electrons. The van der Waals surface area contributed by atoms with E-state index < -0.39 is 0 Å². The lowest BCUT2D eigenvalue weighted by Crippen LogP contribution is -2.42. The van der Waals surface area contributed by atoms with E-state index in [0.29, 0.717) is 24.2 Å². The van der Waals surface area contributed by atoms with Gasteiger partial charge in [-0.05, 0) is 27.7 Å². The Morgan fingerprint density at radius 3 is 1.65 bits per heavy atom. The summed E-state index contributed by atoms with van der Waals surface area (Å²) in [5, 5.41) is 10.4. The first-order valence-electron chi connectivity index (χ1n) is 7.82. The Kier molecular flexibility index (Phi) is 8.65. The van der Waals surface area contributed by atoms with Gasteiger partial charge < -0.3 is 16.0 Å². The lowest BCUT2D eigenvalue weighted by atomic mass is 10.2. The van der Waals surface area contributed by atoms with Crippen LogP contribution >= 0.6 is 0 Å². The van der Waals surface area contributed by atoms with Gasteiger partial charge in [-0.1, -0.05) is 0 Å².